The van der Waals surface area contributed by atoms with Crippen LogP contribution in [0.3, 0.4) is 0 Å². The summed E-state index contributed by atoms with van der Waals surface area (Å²) >= 11 is 0. The molecule has 1 aliphatic heterocycles. The maximum absolute atomic E-state index is 5.93. The molecule has 0 atom stereocenters. The van der Waals surface area contributed by atoms with Gasteiger partial charge >= 0.3 is 0 Å². The second-order valence-electron chi connectivity index (χ2n) is 7.33. The highest BCUT2D eigenvalue weighted by molar-refractivity contribution is 5.79. The van der Waals surface area contributed by atoms with Crippen LogP contribution in [0.1, 0.15) is 36.8 Å². The van der Waals surface area contributed by atoms with Crippen LogP contribution in [-0.2, 0) is 9.47 Å². The molecule has 0 aromatic heterocycles. The van der Waals surface area contributed by atoms with Gasteiger partial charge in [-0.2, -0.15) is 0 Å². The Kier molecular flexibility index (Phi) is 10.8. The molecule has 0 amide bonds. The van der Waals surface area contributed by atoms with Crippen molar-refractivity contribution >= 4 is 5.96 Å². The molecule has 0 saturated carbocycles. The summed E-state index contributed by atoms with van der Waals surface area (Å²) in [6.07, 6.45) is 4.14. The van der Waals surface area contributed by atoms with Crippen molar-refractivity contribution in [1.82, 2.24) is 10.6 Å². The van der Waals surface area contributed by atoms with Gasteiger partial charge in [0.05, 0.1) is 6.61 Å². The maximum atomic E-state index is 5.93. The van der Waals surface area contributed by atoms with E-state index in [1.807, 2.05) is 0 Å². The van der Waals surface area contributed by atoms with Crippen molar-refractivity contribution in [3.63, 3.8) is 0 Å². The highest BCUT2D eigenvalue weighted by Crippen LogP contribution is 2.22. The Bertz CT molecular complexity index is 566. The third-order valence-electron chi connectivity index (χ3n) is 4.94. The van der Waals surface area contributed by atoms with E-state index < -0.39 is 0 Å². The molecule has 1 aliphatic rings. The molecule has 0 bridgehead atoms. The fraction of sp³-hybridized carbons (Fsp3) is 0.682. The van der Waals surface area contributed by atoms with Crippen molar-refractivity contribution in [2.24, 2.45) is 10.9 Å². The van der Waals surface area contributed by atoms with E-state index in [-0.39, 0.29) is 0 Å². The van der Waals surface area contributed by atoms with Crippen molar-refractivity contribution in [1.29, 1.82) is 0 Å². The molecule has 2 N–H and O–H groups in total. The zero-order valence-corrected chi connectivity index (χ0v) is 17.8. The first-order valence-electron chi connectivity index (χ1n) is 10.5. The second kappa shape index (κ2) is 13.4. The van der Waals surface area contributed by atoms with Gasteiger partial charge < -0.3 is 24.8 Å². The van der Waals surface area contributed by atoms with Crippen molar-refractivity contribution in [2.45, 2.75) is 39.5 Å². The minimum Gasteiger partial charge on any atom is -0.493 e. The van der Waals surface area contributed by atoms with Gasteiger partial charge in [0.1, 0.15) is 5.75 Å². The Labute approximate surface area is 170 Å². The molecule has 0 unspecified atom stereocenters. The standard InChI is InChI=1S/C22H37N3O3/c1-18-7-4-8-19(2)21(18)28-14-6-12-25-22(23-3)24-11-5-13-27-17-20-9-15-26-16-10-20/h4,7-8,20H,5-6,9-17H2,1-3H3,(H2,23,24,25). The van der Waals surface area contributed by atoms with E-state index in [1.165, 1.54) is 11.1 Å². The lowest BCUT2D eigenvalue weighted by molar-refractivity contribution is 0.0203. The molecule has 0 aliphatic carbocycles. The van der Waals surface area contributed by atoms with Crippen LogP contribution in [0.15, 0.2) is 23.2 Å². The molecule has 28 heavy (non-hydrogen) atoms. The normalized spacial score (nSPS) is 15.5. The first-order chi connectivity index (χ1) is 13.7. The molecule has 1 fully saturated rings. The highest BCUT2D eigenvalue weighted by Gasteiger charge is 2.13. The van der Waals surface area contributed by atoms with Crippen LogP contribution in [0, 0.1) is 19.8 Å². The monoisotopic (exact) mass is 391 g/mol. The number of benzene rings is 1. The molecule has 6 nitrogen and oxygen atoms in total. The van der Waals surface area contributed by atoms with Gasteiger partial charge in [-0.3, -0.25) is 4.99 Å². The van der Waals surface area contributed by atoms with Gasteiger partial charge in [0, 0.05) is 46.6 Å². The van der Waals surface area contributed by atoms with Crippen LogP contribution >= 0.6 is 0 Å². The van der Waals surface area contributed by atoms with Crippen LogP contribution in [0.5, 0.6) is 5.75 Å². The number of rotatable bonds is 11. The van der Waals surface area contributed by atoms with E-state index in [1.54, 1.807) is 7.05 Å². The van der Waals surface area contributed by atoms with Gasteiger partial charge in [-0.05, 0) is 56.6 Å². The van der Waals surface area contributed by atoms with Crippen LogP contribution in [0.2, 0.25) is 0 Å². The quantitative estimate of drug-likeness (QED) is 0.345. The summed E-state index contributed by atoms with van der Waals surface area (Å²) < 4.78 is 17.1. The molecular formula is C22H37N3O3. The number of para-hydroxylation sites is 1. The molecule has 0 spiro atoms. The van der Waals surface area contributed by atoms with E-state index in [0.29, 0.717) is 12.5 Å². The number of guanidine groups is 1. The molecule has 0 radical (unpaired) electrons. The SMILES string of the molecule is CN=C(NCCCOCC1CCOCC1)NCCCOc1c(C)cccc1C. The van der Waals surface area contributed by atoms with E-state index in [0.717, 1.165) is 76.9 Å². The minimum atomic E-state index is 0.668. The van der Waals surface area contributed by atoms with Crippen LogP contribution in [0.4, 0.5) is 0 Å². The zero-order valence-electron chi connectivity index (χ0n) is 17.8. The average molecular weight is 392 g/mol. The van der Waals surface area contributed by atoms with Crippen LogP contribution < -0.4 is 15.4 Å². The molecule has 1 aromatic rings. The summed E-state index contributed by atoms with van der Waals surface area (Å²) in [6, 6.07) is 6.23. The van der Waals surface area contributed by atoms with Crippen LogP contribution in [0.25, 0.3) is 0 Å². The van der Waals surface area contributed by atoms with Gasteiger partial charge in [-0.15, -0.1) is 0 Å². The van der Waals surface area contributed by atoms with Crippen LogP contribution in [-0.4, -0.2) is 59.1 Å². The van der Waals surface area contributed by atoms with Gasteiger partial charge in [0.25, 0.3) is 0 Å². The fourth-order valence-corrected chi connectivity index (χ4v) is 3.24. The molecule has 1 heterocycles. The summed E-state index contributed by atoms with van der Waals surface area (Å²) in [5, 5.41) is 6.66. The van der Waals surface area contributed by atoms with Crippen molar-refractivity contribution in [2.75, 3.05) is 53.2 Å². The summed E-state index contributed by atoms with van der Waals surface area (Å²) in [5.74, 6) is 2.50. The van der Waals surface area contributed by atoms with Crippen molar-refractivity contribution < 1.29 is 14.2 Å². The van der Waals surface area contributed by atoms with Crippen molar-refractivity contribution in [3.05, 3.63) is 29.3 Å². The topological polar surface area (TPSA) is 64.1 Å². The Morgan fingerprint density at radius 1 is 1.07 bits per heavy atom. The Hall–Kier alpha value is -1.79. The molecule has 1 aromatic carbocycles. The minimum absolute atomic E-state index is 0.668. The Morgan fingerprint density at radius 2 is 1.71 bits per heavy atom. The van der Waals surface area contributed by atoms with Gasteiger partial charge in [0.2, 0.25) is 0 Å². The molecule has 6 heteroatoms. The number of hydrogen-bond donors (Lipinski definition) is 2. The summed E-state index contributed by atoms with van der Waals surface area (Å²) in [4.78, 5) is 4.26. The fourth-order valence-electron chi connectivity index (χ4n) is 3.24. The molecule has 2 rings (SSSR count). The lowest BCUT2D eigenvalue weighted by Gasteiger charge is -2.21. The van der Waals surface area contributed by atoms with Gasteiger partial charge in [-0.25, -0.2) is 0 Å². The Morgan fingerprint density at radius 3 is 2.36 bits per heavy atom. The van der Waals surface area contributed by atoms with Crippen molar-refractivity contribution in [3.8, 4) is 5.75 Å². The van der Waals surface area contributed by atoms with E-state index in [9.17, 15) is 0 Å². The number of aliphatic imine (C=N–C) groups is 1. The number of nitrogens with zero attached hydrogens (tertiary/aromatic N) is 1. The molecule has 1 saturated heterocycles. The number of hydrogen-bond acceptors (Lipinski definition) is 4. The smallest absolute Gasteiger partial charge is 0.190 e. The number of ether oxygens (including phenoxy) is 3. The van der Waals surface area contributed by atoms with E-state index >= 15 is 0 Å². The average Bonchev–Trinajstić information content (AvgIpc) is 2.71. The first-order valence-corrected chi connectivity index (χ1v) is 10.5. The number of nitrogens with one attached hydrogen (secondary N) is 2. The Balaban J connectivity index is 1.48. The third kappa shape index (κ3) is 8.48. The largest absolute Gasteiger partial charge is 0.493 e. The zero-order chi connectivity index (χ0) is 20.0. The van der Waals surface area contributed by atoms with E-state index in [2.05, 4.69) is 47.7 Å². The van der Waals surface area contributed by atoms with E-state index in [4.69, 9.17) is 14.2 Å². The maximum Gasteiger partial charge on any atom is 0.190 e. The van der Waals surface area contributed by atoms with Gasteiger partial charge in [0.15, 0.2) is 5.96 Å². The van der Waals surface area contributed by atoms with Gasteiger partial charge in [-0.1, -0.05) is 18.2 Å². The number of aryl methyl sites for hydroxylation is 2. The molecular weight excluding hydrogens is 354 g/mol. The summed E-state index contributed by atoms with van der Waals surface area (Å²) in [5.41, 5.74) is 2.37. The lowest BCUT2D eigenvalue weighted by Crippen LogP contribution is -2.38. The predicted molar refractivity (Wildman–Crippen MR) is 114 cm³/mol. The lowest BCUT2D eigenvalue weighted by atomic mass is 10.0. The second-order valence-corrected chi connectivity index (χ2v) is 7.33. The predicted octanol–water partition coefficient (Wildman–Crippen LogP) is 3.07. The summed E-state index contributed by atoms with van der Waals surface area (Å²) in [7, 11) is 1.80. The highest BCUT2D eigenvalue weighted by atomic mass is 16.5. The first kappa shape index (κ1) is 22.5. The third-order valence-corrected chi connectivity index (χ3v) is 4.94. The summed E-state index contributed by atoms with van der Waals surface area (Å²) in [6.45, 7) is 9.94. The molecule has 158 valence electrons.